The van der Waals surface area contributed by atoms with Gasteiger partial charge in [0.15, 0.2) is 5.13 Å². The van der Waals surface area contributed by atoms with Crippen LogP contribution in [0.2, 0.25) is 0 Å². The van der Waals surface area contributed by atoms with Crippen molar-refractivity contribution in [2.24, 2.45) is 0 Å². The molecule has 2 rings (SSSR count). The molecule has 1 aromatic heterocycles. The van der Waals surface area contributed by atoms with Gasteiger partial charge >= 0.3 is 0 Å². The van der Waals surface area contributed by atoms with Crippen LogP contribution < -0.4 is 11.5 Å². The van der Waals surface area contributed by atoms with E-state index < -0.39 is 0 Å². The molecule has 72 valence electrons. The fraction of sp³-hybridized carbons (Fsp3) is 0. The molecule has 0 aliphatic heterocycles. The summed E-state index contributed by atoms with van der Waals surface area (Å²) in [4.78, 5) is 4.06. The minimum absolute atomic E-state index is 0.282. The molecule has 0 aliphatic rings. The maximum absolute atomic E-state index is 12.6. The molecule has 4 N–H and O–H groups in total. The number of hydrogen-bond donors (Lipinski definition) is 2. The fourth-order valence-corrected chi connectivity index (χ4v) is 1.79. The fourth-order valence-electron chi connectivity index (χ4n) is 1.16. The lowest BCUT2D eigenvalue weighted by Gasteiger charge is -1.97. The molecular formula is C9H8FN3S. The Morgan fingerprint density at radius 3 is 2.29 bits per heavy atom. The standard InChI is InChI=1S/C9H8FN3S/c10-6-3-1-5(2-4-6)7-8(11)14-9(12)13-7/h1-4H,11H2,(H2,12,13). The predicted molar refractivity (Wildman–Crippen MR) is 56.3 cm³/mol. The molecule has 0 aliphatic carbocycles. The lowest BCUT2D eigenvalue weighted by molar-refractivity contribution is 0.628. The topological polar surface area (TPSA) is 64.9 Å². The van der Waals surface area contributed by atoms with Gasteiger partial charge in [0, 0.05) is 5.56 Å². The van der Waals surface area contributed by atoms with Gasteiger partial charge in [-0.2, -0.15) is 0 Å². The first kappa shape index (κ1) is 8.96. The quantitative estimate of drug-likeness (QED) is 0.756. The highest BCUT2D eigenvalue weighted by molar-refractivity contribution is 7.19. The predicted octanol–water partition coefficient (Wildman–Crippen LogP) is 2.11. The second kappa shape index (κ2) is 3.26. The minimum atomic E-state index is -0.282. The number of nitrogen functional groups attached to an aromatic ring is 2. The number of rotatable bonds is 1. The van der Waals surface area contributed by atoms with Crippen LogP contribution in [0.1, 0.15) is 0 Å². The van der Waals surface area contributed by atoms with Gasteiger partial charge < -0.3 is 11.5 Å². The largest absolute Gasteiger partial charge is 0.389 e. The van der Waals surface area contributed by atoms with E-state index in [9.17, 15) is 4.39 Å². The van der Waals surface area contributed by atoms with Crippen molar-refractivity contribution in [3.05, 3.63) is 30.1 Å². The lowest BCUT2D eigenvalue weighted by Crippen LogP contribution is -1.86. The summed E-state index contributed by atoms with van der Waals surface area (Å²) in [7, 11) is 0. The Bertz CT molecular complexity index is 450. The lowest BCUT2D eigenvalue weighted by atomic mass is 10.1. The van der Waals surface area contributed by atoms with Crippen LogP contribution in [-0.2, 0) is 0 Å². The van der Waals surface area contributed by atoms with Crippen molar-refractivity contribution >= 4 is 21.5 Å². The molecule has 0 amide bonds. The zero-order valence-electron chi connectivity index (χ0n) is 7.20. The van der Waals surface area contributed by atoms with Gasteiger partial charge in [-0.1, -0.05) is 11.3 Å². The van der Waals surface area contributed by atoms with E-state index in [1.165, 1.54) is 23.5 Å². The molecule has 0 spiro atoms. The molecule has 14 heavy (non-hydrogen) atoms. The third kappa shape index (κ3) is 1.54. The van der Waals surface area contributed by atoms with Crippen molar-refractivity contribution in [3.63, 3.8) is 0 Å². The van der Waals surface area contributed by atoms with Gasteiger partial charge in [0.05, 0.1) is 0 Å². The van der Waals surface area contributed by atoms with E-state index in [1.807, 2.05) is 0 Å². The average Bonchev–Trinajstić information content (AvgIpc) is 2.47. The first-order valence-electron chi connectivity index (χ1n) is 3.94. The van der Waals surface area contributed by atoms with Gasteiger partial charge in [0.2, 0.25) is 0 Å². The Morgan fingerprint density at radius 2 is 1.79 bits per heavy atom. The van der Waals surface area contributed by atoms with Gasteiger partial charge in [-0.05, 0) is 24.3 Å². The van der Waals surface area contributed by atoms with Gasteiger partial charge in [-0.25, -0.2) is 9.37 Å². The maximum atomic E-state index is 12.6. The summed E-state index contributed by atoms with van der Waals surface area (Å²) in [6.45, 7) is 0. The van der Waals surface area contributed by atoms with Gasteiger partial charge in [0.1, 0.15) is 16.5 Å². The molecule has 0 fully saturated rings. The van der Waals surface area contributed by atoms with Gasteiger partial charge in [-0.3, -0.25) is 0 Å². The molecule has 0 saturated heterocycles. The van der Waals surface area contributed by atoms with E-state index in [-0.39, 0.29) is 5.82 Å². The molecule has 2 aromatic rings. The van der Waals surface area contributed by atoms with Crippen LogP contribution in [0.4, 0.5) is 14.5 Å². The van der Waals surface area contributed by atoms with Crippen LogP contribution in [-0.4, -0.2) is 4.98 Å². The van der Waals surface area contributed by atoms with E-state index in [0.717, 1.165) is 5.56 Å². The van der Waals surface area contributed by atoms with Crippen LogP contribution in [0.5, 0.6) is 0 Å². The van der Waals surface area contributed by atoms with Crippen molar-refractivity contribution < 1.29 is 4.39 Å². The Kier molecular flexibility index (Phi) is 2.09. The summed E-state index contributed by atoms with van der Waals surface area (Å²) in [6.07, 6.45) is 0. The molecule has 5 heteroatoms. The summed E-state index contributed by atoms with van der Waals surface area (Å²) in [5, 5.41) is 0.968. The summed E-state index contributed by atoms with van der Waals surface area (Å²) >= 11 is 1.22. The molecule has 0 radical (unpaired) electrons. The number of benzene rings is 1. The maximum Gasteiger partial charge on any atom is 0.182 e. The number of halogens is 1. The molecule has 3 nitrogen and oxygen atoms in total. The highest BCUT2D eigenvalue weighted by Gasteiger charge is 2.08. The van der Waals surface area contributed by atoms with E-state index in [2.05, 4.69) is 4.98 Å². The smallest absolute Gasteiger partial charge is 0.182 e. The monoisotopic (exact) mass is 209 g/mol. The summed E-state index contributed by atoms with van der Waals surface area (Å²) in [5.41, 5.74) is 12.6. The molecule has 0 unspecified atom stereocenters. The van der Waals surface area contributed by atoms with Crippen LogP contribution in [0.15, 0.2) is 24.3 Å². The average molecular weight is 209 g/mol. The Labute approximate surface area is 84.2 Å². The Balaban J connectivity index is 2.49. The van der Waals surface area contributed by atoms with Crippen LogP contribution >= 0.6 is 11.3 Å². The summed E-state index contributed by atoms with van der Waals surface area (Å²) in [6, 6.07) is 5.98. The van der Waals surface area contributed by atoms with E-state index in [0.29, 0.717) is 15.8 Å². The van der Waals surface area contributed by atoms with Crippen molar-refractivity contribution in [1.29, 1.82) is 0 Å². The van der Waals surface area contributed by atoms with Crippen molar-refractivity contribution in [1.82, 2.24) is 4.98 Å². The molecule has 1 heterocycles. The minimum Gasteiger partial charge on any atom is -0.389 e. The van der Waals surface area contributed by atoms with Gasteiger partial charge in [-0.15, -0.1) is 0 Å². The van der Waals surface area contributed by atoms with Gasteiger partial charge in [0.25, 0.3) is 0 Å². The first-order valence-corrected chi connectivity index (χ1v) is 4.76. The molecule has 1 aromatic carbocycles. The third-order valence-electron chi connectivity index (χ3n) is 1.79. The Hall–Kier alpha value is -1.62. The molecule has 0 saturated carbocycles. The van der Waals surface area contributed by atoms with E-state index >= 15 is 0 Å². The SMILES string of the molecule is Nc1nc(-c2ccc(F)cc2)c(N)s1. The first-order chi connectivity index (χ1) is 6.66. The Morgan fingerprint density at radius 1 is 1.14 bits per heavy atom. The van der Waals surface area contributed by atoms with Crippen LogP contribution in [0.25, 0.3) is 11.3 Å². The molecular weight excluding hydrogens is 201 g/mol. The summed E-state index contributed by atoms with van der Waals surface area (Å²) < 4.78 is 12.6. The van der Waals surface area contributed by atoms with Crippen molar-refractivity contribution in [2.75, 3.05) is 11.5 Å². The molecule has 0 bridgehead atoms. The molecule has 0 atom stereocenters. The number of nitrogens with zero attached hydrogens (tertiary/aromatic N) is 1. The second-order valence-electron chi connectivity index (χ2n) is 2.77. The second-order valence-corrected chi connectivity index (χ2v) is 3.83. The highest BCUT2D eigenvalue weighted by Crippen LogP contribution is 2.31. The third-order valence-corrected chi connectivity index (χ3v) is 2.50. The number of thiazole rings is 1. The number of aromatic nitrogens is 1. The van der Waals surface area contributed by atoms with E-state index in [4.69, 9.17) is 11.5 Å². The van der Waals surface area contributed by atoms with Crippen molar-refractivity contribution in [3.8, 4) is 11.3 Å². The number of nitrogens with two attached hydrogens (primary N) is 2. The van der Waals surface area contributed by atoms with Crippen molar-refractivity contribution in [2.45, 2.75) is 0 Å². The van der Waals surface area contributed by atoms with E-state index in [1.54, 1.807) is 12.1 Å². The zero-order chi connectivity index (χ0) is 10.1. The van der Waals surface area contributed by atoms with Crippen LogP contribution in [0.3, 0.4) is 0 Å². The summed E-state index contributed by atoms with van der Waals surface area (Å²) in [5.74, 6) is -0.282. The number of anilines is 2. The normalized spacial score (nSPS) is 10.4. The number of hydrogen-bond acceptors (Lipinski definition) is 4. The van der Waals surface area contributed by atoms with Crippen LogP contribution in [0, 0.1) is 5.82 Å². The highest BCUT2D eigenvalue weighted by atomic mass is 32.1. The zero-order valence-corrected chi connectivity index (χ0v) is 8.01.